The fourth-order valence-corrected chi connectivity index (χ4v) is 0.201. The predicted octanol–water partition coefficient (Wildman–Crippen LogP) is -0.630. The molecule has 0 saturated heterocycles. The Morgan fingerprint density at radius 2 is 2.38 bits per heavy atom. The van der Waals surface area contributed by atoms with Crippen LogP contribution in [0.5, 0.6) is 0 Å². The molecule has 0 amide bonds. The van der Waals surface area contributed by atoms with Gasteiger partial charge in [0, 0.05) is 0 Å². The summed E-state index contributed by atoms with van der Waals surface area (Å²) in [6.07, 6.45) is 0.806. The van der Waals surface area contributed by atoms with Crippen LogP contribution in [0, 0.1) is 5.21 Å². The van der Waals surface area contributed by atoms with E-state index < -0.39 is 5.97 Å². The van der Waals surface area contributed by atoms with Crippen LogP contribution in [-0.4, -0.2) is 31.1 Å². The SMILES string of the molecule is COC(=O)/C=[N+](\C)[O-]. The zero-order valence-electron chi connectivity index (χ0n) is 4.75. The molecular formula is C4H7NO3. The topological polar surface area (TPSA) is 52.4 Å². The molecule has 0 aromatic heterocycles. The third-order valence-electron chi connectivity index (χ3n) is 0.488. The predicted molar refractivity (Wildman–Crippen MR) is 27.6 cm³/mol. The maximum atomic E-state index is 10.1. The summed E-state index contributed by atoms with van der Waals surface area (Å²) < 4.78 is 4.51. The van der Waals surface area contributed by atoms with Gasteiger partial charge in [0.25, 0.3) is 6.21 Å². The lowest BCUT2D eigenvalue weighted by Gasteiger charge is -1.91. The van der Waals surface area contributed by atoms with E-state index in [2.05, 4.69) is 4.74 Å². The van der Waals surface area contributed by atoms with Gasteiger partial charge < -0.3 is 9.94 Å². The quantitative estimate of drug-likeness (QED) is 0.151. The highest BCUT2D eigenvalue weighted by molar-refractivity contribution is 6.20. The zero-order chi connectivity index (χ0) is 6.57. The van der Waals surface area contributed by atoms with E-state index in [0.29, 0.717) is 4.74 Å². The molecule has 0 N–H and O–H groups in total. The van der Waals surface area contributed by atoms with Crippen molar-refractivity contribution in [1.29, 1.82) is 0 Å². The van der Waals surface area contributed by atoms with E-state index in [9.17, 15) is 10.0 Å². The van der Waals surface area contributed by atoms with Crippen molar-refractivity contribution in [1.82, 2.24) is 0 Å². The molecule has 0 aliphatic heterocycles. The molecule has 0 unspecified atom stereocenters. The fourth-order valence-electron chi connectivity index (χ4n) is 0.201. The van der Waals surface area contributed by atoms with Crippen molar-refractivity contribution in [3.8, 4) is 0 Å². The molecule has 0 aliphatic carbocycles. The van der Waals surface area contributed by atoms with E-state index in [1.807, 2.05) is 0 Å². The maximum absolute atomic E-state index is 10.1. The Morgan fingerprint density at radius 1 is 1.88 bits per heavy atom. The van der Waals surface area contributed by atoms with E-state index in [1.54, 1.807) is 0 Å². The van der Waals surface area contributed by atoms with Crippen LogP contribution in [0.3, 0.4) is 0 Å². The third-order valence-corrected chi connectivity index (χ3v) is 0.488. The fraction of sp³-hybridized carbons (Fsp3) is 0.500. The van der Waals surface area contributed by atoms with Crippen LogP contribution in [0.4, 0.5) is 0 Å². The molecule has 0 aromatic rings. The first-order valence-corrected chi connectivity index (χ1v) is 1.99. The summed E-state index contributed by atoms with van der Waals surface area (Å²) >= 11 is 0. The summed E-state index contributed by atoms with van der Waals surface area (Å²) in [6.45, 7) is 0. The van der Waals surface area contributed by atoms with Gasteiger partial charge in [0.05, 0.1) is 7.11 Å². The van der Waals surface area contributed by atoms with Gasteiger partial charge in [-0.1, -0.05) is 0 Å². The molecule has 0 fully saturated rings. The minimum Gasteiger partial charge on any atom is -0.624 e. The number of methoxy groups -OCH3 is 1. The third kappa shape index (κ3) is 3.14. The second-order valence-corrected chi connectivity index (χ2v) is 1.20. The van der Waals surface area contributed by atoms with Gasteiger partial charge in [0.1, 0.15) is 7.05 Å². The molecule has 0 heterocycles. The normalized spacial score (nSPS) is 11.0. The number of hydroxylamine groups is 1. The summed E-state index contributed by atoms with van der Waals surface area (Å²) in [6, 6.07) is 0. The van der Waals surface area contributed by atoms with E-state index in [4.69, 9.17) is 0 Å². The van der Waals surface area contributed by atoms with Crippen LogP contribution < -0.4 is 0 Å². The number of hydrogen-bond donors (Lipinski definition) is 0. The molecule has 46 valence electrons. The molecule has 0 aromatic carbocycles. The average molecular weight is 117 g/mol. The van der Waals surface area contributed by atoms with Gasteiger partial charge in [-0.05, 0) is 0 Å². The minimum atomic E-state index is -0.637. The molecule has 4 heteroatoms. The standard InChI is InChI=1S/C4H7NO3/c1-5(7)3-4(6)8-2/h3H,1-2H3/b5-3+. The van der Waals surface area contributed by atoms with E-state index >= 15 is 0 Å². The lowest BCUT2D eigenvalue weighted by molar-refractivity contribution is -0.417. The van der Waals surface area contributed by atoms with Gasteiger partial charge in [-0.25, -0.2) is 9.53 Å². The summed E-state index contributed by atoms with van der Waals surface area (Å²) in [5.41, 5.74) is 0. The number of esters is 1. The Kier molecular flexibility index (Phi) is 2.61. The highest BCUT2D eigenvalue weighted by atomic mass is 16.5. The molecule has 0 bridgehead atoms. The van der Waals surface area contributed by atoms with Crippen molar-refractivity contribution in [2.75, 3.05) is 14.2 Å². The summed E-state index contributed by atoms with van der Waals surface area (Å²) in [5.74, 6) is -0.637. The molecule has 0 atom stereocenters. The molecule has 4 nitrogen and oxygen atoms in total. The number of ether oxygens (including phenoxy) is 1. The number of hydrogen-bond acceptors (Lipinski definition) is 3. The van der Waals surface area contributed by atoms with E-state index in [-0.39, 0.29) is 0 Å². The van der Waals surface area contributed by atoms with Crippen molar-refractivity contribution in [2.24, 2.45) is 0 Å². The van der Waals surface area contributed by atoms with Gasteiger partial charge in [-0.3, -0.25) is 0 Å². The van der Waals surface area contributed by atoms with Gasteiger partial charge in [-0.2, -0.15) is 0 Å². The summed E-state index contributed by atoms with van der Waals surface area (Å²) in [7, 11) is 2.42. The van der Waals surface area contributed by atoms with E-state index in [1.165, 1.54) is 14.2 Å². The average Bonchev–Trinajstić information content (AvgIpc) is 1.65. The first-order valence-electron chi connectivity index (χ1n) is 1.99. The van der Waals surface area contributed by atoms with Crippen LogP contribution in [-0.2, 0) is 9.53 Å². The molecule has 0 saturated carbocycles. The molecule has 0 rings (SSSR count). The van der Waals surface area contributed by atoms with Crippen LogP contribution >= 0.6 is 0 Å². The molecule has 0 spiro atoms. The van der Waals surface area contributed by atoms with Crippen molar-refractivity contribution < 1.29 is 14.3 Å². The minimum absolute atomic E-state index is 0.381. The van der Waals surface area contributed by atoms with Crippen molar-refractivity contribution in [3.63, 3.8) is 0 Å². The van der Waals surface area contributed by atoms with Crippen LogP contribution in [0.15, 0.2) is 0 Å². The molecular weight excluding hydrogens is 110 g/mol. The first-order chi connectivity index (χ1) is 3.66. The lowest BCUT2D eigenvalue weighted by Crippen LogP contribution is -2.09. The van der Waals surface area contributed by atoms with Gasteiger partial charge >= 0.3 is 5.97 Å². The Labute approximate surface area is 47.0 Å². The first kappa shape index (κ1) is 6.94. The van der Waals surface area contributed by atoms with Gasteiger partial charge in [0.2, 0.25) is 0 Å². The molecule has 8 heavy (non-hydrogen) atoms. The van der Waals surface area contributed by atoms with Gasteiger partial charge in [-0.15, -0.1) is 0 Å². The Balaban J connectivity index is 3.70. The monoisotopic (exact) mass is 117 g/mol. The van der Waals surface area contributed by atoms with Crippen molar-refractivity contribution in [2.45, 2.75) is 0 Å². The molecule has 0 radical (unpaired) electrons. The van der Waals surface area contributed by atoms with Crippen LogP contribution in [0.1, 0.15) is 0 Å². The van der Waals surface area contributed by atoms with Crippen LogP contribution in [0.2, 0.25) is 0 Å². The zero-order valence-corrected chi connectivity index (χ0v) is 4.75. The summed E-state index contributed by atoms with van der Waals surface area (Å²) in [4.78, 5) is 10.1. The molecule has 0 aliphatic rings. The number of rotatable bonds is 1. The Hall–Kier alpha value is -1.06. The van der Waals surface area contributed by atoms with Crippen molar-refractivity contribution in [3.05, 3.63) is 5.21 Å². The number of carbonyl (C=O) groups excluding carboxylic acids is 1. The summed E-state index contributed by atoms with van der Waals surface area (Å²) in [5, 5.41) is 9.97. The van der Waals surface area contributed by atoms with Crippen molar-refractivity contribution >= 4 is 12.2 Å². The lowest BCUT2D eigenvalue weighted by atomic mass is 10.7. The second-order valence-electron chi connectivity index (χ2n) is 1.20. The Bertz CT molecular complexity index is 114. The maximum Gasteiger partial charge on any atom is 0.396 e. The number of nitrogens with zero attached hydrogens (tertiary/aromatic N) is 1. The number of carbonyl (C=O) groups is 1. The highest BCUT2D eigenvalue weighted by Crippen LogP contribution is 1.64. The van der Waals surface area contributed by atoms with Crippen LogP contribution in [0.25, 0.3) is 0 Å². The second kappa shape index (κ2) is 3.01. The van der Waals surface area contributed by atoms with E-state index in [0.717, 1.165) is 6.21 Å². The smallest absolute Gasteiger partial charge is 0.396 e. The highest BCUT2D eigenvalue weighted by Gasteiger charge is 1.95. The van der Waals surface area contributed by atoms with Gasteiger partial charge in [0.15, 0.2) is 0 Å². The Morgan fingerprint density at radius 3 is 2.50 bits per heavy atom. The largest absolute Gasteiger partial charge is 0.624 e.